The Bertz CT molecular complexity index is 1320. The van der Waals surface area contributed by atoms with Gasteiger partial charge in [0.1, 0.15) is 0 Å². The van der Waals surface area contributed by atoms with Crippen LogP contribution in [0.1, 0.15) is 34.7 Å². The van der Waals surface area contributed by atoms with Crippen LogP contribution in [0.15, 0.2) is 91.0 Å². The van der Waals surface area contributed by atoms with Crippen molar-refractivity contribution >= 4 is 11.4 Å². The lowest BCUT2D eigenvalue weighted by molar-refractivity contribution is 0.660. The third-order valence-corrected chi connectivity index (χ3v) is 5.93. The Hall–Kier alpha value is -3.32. The van der Waals surface area contributed by atoms with E-state index in [-0.39, 0.29) is 5.41 Å². The molecule has 0 heterocycles. The number of nitrogens with one attached hydrogen (secondary N) is 1. The summed E-state index contributed by atoms with van der Waals surface area (Å²) in [6, 6.07) is 30.5. The maximum atomic E-state index is 7.68. The van der Waals surface area contributed by atoms with E-state index in [4.69, 9.17) is 4.11 Å². The second kappa shape index (κ2) is 6.63. The van der Waals surface area contributed by atoms with E-state index in [0.717, 1.165) is 22.5 Å². The van der Waals surface area contributed by atoms with Crippen LogP contribution < -0.4 is 5.32 Å². The van der Waals surface area contributed by atoms with Gasteiger partial charge in [-0.3, -0.25) is 0 Å². The molecule has 4 aromatic carbocycles. The Morgan fingerprint density at radius 1 is 0.655 bits per heavy atom. The molecule has 5 rings (SSSR count). The van der Waals surface area contributed by atoms with Gasteiger partial charge in [0.15, 0.2) is 0 Å². The summed E-state index contributed by atoms with van der Waals surface area (Å²) >= 11 is 0. The summed E-state index contributed by atoms with van der Waals surface area (Å²) in [7, 11) is 0. The van der Waals surface area contributed by atoms with Gasteiger partial charge >= 0.3 is 0 Å². The Labute approximate surface area is 177 Å². The Morgan fingerprint density at radius 3 is 2.24 bits per heavy atom. The van der Waals surface area contributed by atoms with E-state index in [9.17, 15) is 0 Å². The molecule has 0 amide bonds. The van der Waals surface area contributed by atoms with Crippen LogP contribution >= 0.6 is 0 Å². The predicted octanol–water partition coefficient (Wildman–Crippen LogP) is 7.71. The van der Waals surface area contributed by atoms with E-state index in [2.05, 4.69) is 67.7 Å². The molecule has 142 valence electrons. The molecule has 0 fully saturated rings. The average Bonchev–Trinajstić information content (AvgIpc) is 3.01. The molecular weight excluding hydrogens is 350 g/mol. The first-order valence-electron chi connectivity index (χ1n) is 11.5. The van der Waals surface area contributed by atoms with Gasteiger partial charge in [0.2, 0.25) is 0 Å². The van der Waals surface area contributed by atoms with Crippen molar-refractivity contribution in [3.05, 3.63) is 108 Å². The van der Waals surface area contributed by atoms with E-state index in [1.807, 2.05) is 24.3 Å². The van der Waals surface area contributed by atoms with E-state index in [1.165, 1.54) is 22.3 Å². The first-order valence-corrected chi connectivity index (χ1v) is 9.96. The quantitative estimate of drug-likeness (QED) is 0.385. The van der Waals surface area contributed by atoms with Crippen molar-refractivity contribution in [1.29, 1.82) is 0 Å². The van der Waals surface area contributed by atoms with Crippen molar-refractivity contribution in [2.45, 2.75) is 26.1 Å². The number of anilines is 2. The Kier molecular flexibility index (Phi) is 3.35. The van der Waals surface area contributed by atoms with E-state index >= 15 is 0 Å². The summed E-state index contributed by atoms with van der Waals surface area (Å²) in [5.41, 5.74) is 9.50. The molecule has 0 radical (unpaired) electrons. The van der Waals surface area contributed by atoms with Gasteiger partial charge in [-0.2, -0.15) is 0 Å². The molecule has 1 N–H and O–H groups in total. The van der Waals surface area contributed by atoms with Crippen LogP contribution in [0.2, 0.25) is 0 Å². The Morgan fingerprint density at radius 2 is 1.38 bits per heavy atom. The van der Waals surface area contributed by atoms with Crippen LogP contribution in [-0.4, -0.2) is 0 Å². The third kappa shape index (κ3) is 3.03. The summed E-state index contributed by atoms with van der Waals surface area (Å²) in [4.78, 5) is 0. The average molecular weight is 379 g/mol. The standard InChI is InChI=1S/C28H25N/c1-19-8-6-9-20(16-19)21-10-7-11-22(17-21)29-23-14-15-25-24-12-4-5-13-26(24)28(2,3)27(25)18-23/h4-18,29H,1-3H3/i1D3. The molecule has 0 atom stereocenters. The third-order valence-electron chi connectivity index (χ3n) is 5.93. The van der Waals surface area contributed by atoms with Crippen LogP contribution in [0.4, 0.5) is 11.4 Å². The minimum absolute atomic E-state index is 0.0405. The maximum Gasteiger partial charge on any atom is 0.0390 e. The highest BCUT2D eigenvalue weighted by atomic mass is 14.9. The van der Waals surface area contributed by atoms with Gasteiger partial charge in [0.25, 0.3) is 0 Å². The van der Waals surface area contributed by atoms with Gasteiger partial charge in [-0.1, -0.05) is 86.1 Å². The molecule has 0 aliphatic heterocycles. The summed E-state index contributed by atoms with van der Waals surface area (Å²) < 4.78 is 23.1. The minimum Gasteiger partial charge on any atom is -0.356 e. The normalized spacial score (nSPS) is 15.6. The van der Waals surface area contributed by atoms with Crippen LogP contribution in [0.25, 0.3) is 22.3 Å². The second-order valence-corrected chi connectivity index (χ2v) is 8.22. The van der Waals surface area contributed by atoms with Crippen molar-refractivity contribution in [3.8, 4) is 22.3 Å². The zero-order valence-electron chi connectivity index (χ0n) is 19.7. The monoisotopic (exact) mass is 378 g/mol. The fourth-order valence-corrected chi connectivity index (χ4v) is 4.42. The maximum absolute atomic E-state index is 7.68. The minimum atomic E-state index is -2.11. The molecule has 1 nitrogen and oxygen atoms in total. The molecule has 0 saturated heterocycles. The summed E-state index contributed by atoms with van der Waals surface area (Å²) in [5.74, 6) is 0. The highest BCUT2D eigenvalue weighted by Gasteiger charge is 2.35. The number of hydrogen-bond acceptors (Lipinski definition) is 1. The van der Waals surface area contributed by atoms with E-state index in [0.29, 0.717) is 5.56 Å². The predicted molar refractivity (Wildman–Crippen MR) is 124 cm³/mol. The van der Waals surface area contributed by atoms with Crippen molar-refractivity contribution in [3.63, 3.8) is 0 Å². The van der Waals surface area contributed by atoms with Crippen LogP contribution in [0.3, 0.4) is 0 Å². The number of benzene rings is 4. The highest BCUT2D eigenvalue weighted by molar-refractivity contribution is 5.83. The molecular formula is C28H25N. The molecule has 1 aliphatic rings. The largest absolute Gasteiger partial charge is 0.356 e. The summed E-state index contributed by atoms with van der Waals surface area (Å²) in [6.45, 7) is 2.45. The molecule has 1 aliphatic carbocycles. The highest BCUT2D eigenvalue weighted by Crippen LogP contribution is 2.49. The lowest BCUT2D eigenvalue weighted by Crippen LogP contribution is -2.15. The van der Waals surface area contributed by atoms with Gasteiger partial charge in [-0.15, -0.1) is 0 Å². The van der Waals surface area contributed by atoms with Crippen molar-refractivity contribution in [1.82, 2.24) is 0 Å². The smallest absolute Gasteiger partial charge is 0.0390 e. The first kappa shape index (κ1) is 14.6. The fourth-order valence-electron chi connectivity index (χ4n) is 4.42. The van der Waals surface area contributed by atoms with Crippen LogP contribution in [0.5, 0.6) is 0 Å². The van der Waals surface area contributed by atoms with Crippen LogP contribution in [0, 0.1) is 6.85 Å². The molecule has 1 heteroatoms. The molecule has 0 saturated carbocycles. The first-order chi connectivity index (χ1) is 15.2. The van der Waals surface area contributed by atoms with E-state index in [1.54, 1.807) is 18.2 Å². The van der Waals surface area contributed by atoms with Gasteiger partial charge in [0, 0.05) is 20.9 Å². The summed E-state index contributed by atoms with van der Waals surface area (Å²) in [6.07, 6.45) is 0. The lowest BCUT2D eigenvalue weighted by atomic mass is 9.82. The number of aryl methyl sites for hydroxylation is 1. The number of fused-ring (bicyclic) bond motifs is 3. The molecule has 0 spiro atoms. The lowest BCUT2D eigenvalue weighted by Gasteiger charge is -2.22. The summed E-state index contributed by atoms with van der Waals surface area (Å²) in [5, 5.41) is 3.54. The zero-order chi connectivity index (χ0) is 22.5. The van der Waals surface area contributed by atoms with Gasteiger partial charge in [0.05, 0.1) is 0 Å². The molecule has 0 aromatic heterocycles. The number of hydrogen-bond donors (Lipinski definition) is 1. The van der Waals surface area contributed by atoms with Crippen molar-refractivity contribution in [2.75, 3.05) is 5.32 Å². The molecule has 29 heavy (non-hydrogen) atoms. The SMILES string of the molecule is [2H]C([2H])([2H])c1cccc(-c2cccc(Nc3ccc4c(c3)C(C)(C)c3ccccc3-4)c2)c1. The number of rotatable bonds is 3. The Balaban J connectivity index is 1.46. The zero-order valence-corrected chi connectivity index (χ0v) is 16.7. The fraction of sp³-hybridized carbons (Fsp3) is 0.143. The van der Waals surface area contributed by atoms with Crippen molar-refractivity contribution < 1.29 is 4.11 Å². The van der Waals surface area contributed by atoms with Crippen molar-refractivity contribution in [2.24, 2.45) is 0 Å². The van der Waals surface area contributed by atoms with E-state index < -0.39 is 6.85 Å². The molecule has 0 bridgehead atoms. The molecule has 4 aromatic rings. The second-order valence-electron chi connectivity index (χ2n) is 8.22. The molecule has 0 unspecified atom stereocenters. The van der Waals surface area contributed by atoms with Gasteiger partial charge < -0.3 is 5.32 Å². The van der Waals surface area contributed by atoms with Crippen LogP contribution in [-0.2, 0) is 5.41 Å². The van der Waals surface area contributed by atoms with Gasteiger partial charge in [-0.05, 0) is 64.5 Å². The van der Waals surface area contributed by atoms with Gasteiger partial charge in [-0.25, -0.2) is 0 Å². The topological polar surface area (TPSA) is 12.0 Å².